The first kappa shape index (κ1) is 12.8. The summed E-state index contributed by atoms with van der Waals surface area (Å²) in [5.41, 5.74) is 1.36. The standard InChI is InChI=1S/C16H11ClO3/c17-13-4-2-1-3-12(13)14(18)7-5-11-6-8-15-16(9-11)20-10-19-15/h1-9H,10H2/b7-5+. The molecule has 0 saturated heterocycles. The van der Waals surface area contributed by atoms with Crippen molar-refractivity contribution in [3.8, 4) is 11.5 Å². The Kier molecular flexibility index (Phi) is 3.44. The van der Waals surface area contributed by atoms with Gasteiger partial charge in [0.1, 0.15) is 0 Å². The van der Waals surface area contributed by atoms with E-state index in [9.17, 15) is 4.79 Å². The molecule has 20 heavy (non-hydrogen) atoms. The largest absolute Gasteiger partial charge is 0.454 e. The number of fused-ring (bicyclic) bond motifs is 1. The van der Waals surface area contributed by atoms with Crippen LogP contribution >= 0.6 is 11.6 Å². The Labute approximate surface area is 121 Å². The number of carbonyl (C=O) groups is 1. The van der Waals surface area contributed by atoms with Crippen molar-refractivity contribution in [2.75, 3.05) is 6.79 Å². The second kappa shape index (κ2) is 5.39. The van der Waals surface area contributed by atoms with Gasteiger partial charge in [-0.05, 0) is 35.9 Å². The zero-order chi connectivity index (χ0) is 13.9. The van der Waals surface area contributed by atoms with Crippen molar-refractivity contribution in [2.45, 2.75) is 0 Å². The van der Waals surface area contributed by atoms with E-state index in [4.69, 9.17) is 21.1 Å². The van der Waals surface area contributed by atoms with Gasteiger partial charge in [0.05, 0.1) is 5.02 Å². The molecule has 0 amide bonds. The van der Waals surface area contributed by atoms with E-state index in [0.29, 0.717) is 16.3 Å². The molecule has 3 rings (SSSR count). The number of benzene rings is 2. The third-order valence-electron chi connectivity index (χ3n) is 2.96. The Hall–Kier alpha value is -2.26. The van der Waals surface area contributed by atoms with E-state index >= 15 is 0 Å². The normalized spacial score (nSPS) is 12.8. The van der Waals surface area contributed by atoms with E-state index in [0.717, 1.165) is 11.3 Å². The lowest BCUT2D eigenvalue weighted by molar-refractivity contribution is 0.104. The minimum Gasteiger partial charge on any atom is -0.454 e. The van der Waals surface area contributed by atoms with E-state index in [-0.39, 0.29) is 12.6 Å². The van der Waals surface area contributed by atoms with Gasteiger partial charge in [-0.3, -0.25) is 4.79 Å². The monoisotopic (exact) mass is 286 g/mol. The lowest BCUT2D eigenvalue weighted by Gasteiger charge is -1.99. The van der Waals surface area contributed by atoms with Gasteiger partial charge in [0.15, 0.2) is 17.3 Å². The Bertz CT molecular complexity index is 692. The second-order valence-corrected chi connectivity index (χ2v) is 4.70. The molecular formula is C16H11ClO3. The zero-order valence-electron chi connectivity index (χ0n) is 10.5. The smallest absolute Gasteiger partial charge is 0.231 e. The molecule has 4 heteroatoms. The highest BCUT2D eigenvalue weighted by molar-refractivity contribution is 6.34. The fraction of sp³-hybridized carbons (Fsp3) is 0.0625. The summed E-state index contributed by atoms with van der Waals surface area (Å²) in [5, 5.41) is 0.452. The van der Waals surface area contributed by atoms with Gasteiger partial charge in [-0.2, -0.15) is 0 Å². The van der Waals surface area contributed by atoms with Crippen molar-refractivity contribution in [2.24, 2.45) is 0 Å². The number of rotatable bonds is 3. The first-order valence-corrected chi connectivity index (χ1v) is 6.48. The molecule has 3 nitrogen and oxygen atoms in total. The number of ether oxygens (including phenoxy) is 2. The molecule has 2 aromatic carbocycles. The minimum atomic E-state index is -0.131. The summed E-state index contributed by atoms with van der Waals surface area (Å²) >= 11 is 5.99. The van der Waals surface area contributed by atoms with E-state index in [2.05, 4.69) is 0 Å². The number of hydrogen-bond acceptors (Lipinski definition) is 3. The van der Waals surface area contributed by atoms with Crippen molar-refractivity contribution in [1.29, 1.82) is 0 Å². The van der Waals surface area contributed by atoms with Gasteiger partial charge >= 0.3 is 0 Å². The molecule has 1 aliphatic rings. The van der Waals surface area contributed by atoms with E-state index in [1.165, 1.54) is 6.08 Å². The minimum absolute atomic E-state index is 0.131. The third kappa shape index (κ3) is 2.53. The molecule has 0 bridgehead atoms. The first-order chi connectivity index (χ1) is 9.74. The molecule has 1 heterocycles. The van der Waals surface area contributed by atoms with Gasteiger partial charge in [0.25, 0.3) is 0 Å². The van der Waals surface area contributed by atoms with E-state index in [1.807, 2.05) is 18.2 Å². The average molecular weight is 287 g/mol. The van der Waals surface area contributed by atoms with Crippen LogP contribution in [0.15, 0.2) is 48.5 Å². The van der Waals surface area contributed by atoms with Crippen molar-refractivity contribution in [3.63, 3.8) is 0 Å². The molecule has 100 valence electrons. The third-order valence-corrected chi connectivity index (χ3v) is 3.29. The highest BCUT2D eigenvalue weighted by Gasteiger charge is 2.12. The molecule has 2 aromatic rings. The Balaban J connectivity index is 1.81. The summed E-state index contributed by atoms with van der Waals surface area (Å²) in [6.07, 6.45) is 3.23. The number of carbonyl (C=O) groups excluding carboxylic acids is 1. The summed E-state index contributed by atoms with van der Waals surface area (Å²) in [7, 11) is 0. The van der Waals surface area contributed by atoms with Gasteiger partial charge in [0, 0.05) is 5.56 Å². The van der Waals surface area contributed by atoms with Crippen molar-refractivity contribution in [3.05, 3.63) is 64.7 Å². The zero-order valence-corrected chi connectivity index (χ0v) is 11.3. The molecule has 1 aliphatic heterocycles. The van der Waals surface area contributed by atoms with Crippen LogP contribution in [0.3, 0.4) is 0 Å². The molecule has 0 fully saturated rings. The van der Waals surface area contributed by atoms with Crippen molar-refractivity contribution < 1.29 is 14.3 Å². The quantitative estimate of drug-likeness (QED) is 0.633. The van der Waals surface area contributed by atoms with Crippen molar-refractivity contribution in [1.82, 2.24) is 0 Å². The van der Waals surface area contributed by atoms with E-state index < -0.39 is 0 Å². The SMILES string of the molecule is O=C(/C=C/c1ccc2c(c1)OCO2)c1ccccc1Cl. The predicted octanol–water partition coefficient (Wildman–Crippen LogP) is 3.96. The lowest BCUT2D eigenvalue weighted by atomic mass is 10.1. The Morgan fingerprint density at radius 1 is 1.10 bits per heavy atom. The molecule has 0 saturated carbocycles. The van der Waals surface area contributed by atoms with Gasteiger partial charge in [-0.1, -0.05) is 35.9 Å². The molecule has 0 aliphatic carbocycles. The molecule has 0 aromatic heterocycles. The van der Waals surface area contributed by atoms with Crippen LogP contribution in [0.1, 0.15) is 15.9 Å². The molecule has 0 N–H and O–H groups in total. The van der Waals surface area contributed by atoms with Crippen LogP contribution in [-0.4, -0.2) is 12.6 Å². The van der Waals surface area contributed by atoms with Crippen LogP contribution in [0.2, 0.25) is 5.02 Å². The maximum absolute atomic E-state index is 12.0. The van der Waals surface area contributed by atoms with Gasteiger partial charge < -0.3 is 9.47 Å². The summed E-state index contributed by atoms with van der Waals surface area (Å²) in [6.45, 7) is 0.237. The van der Waals surface area contributed by atoms with Crippen molar-refractivity contribution >= 4 is 23.5 Å². The van der Waals surface area contributed by atoms with Crippen LogP contribution in [0, 0.1) is 0 Å². The number of allylic oxidation sites excluding steroid dienone is 1. The van der Waals surface area contributed by atoms with Gasteiger partial charge in [0.2, 0.25) is 6.79 Å². The van der Waals surface area contributed by atoms with Crippen LogP contribution in [0.4, 0.5) is 0 Å². The van der Waals surface area contributed by atoms with E-state index in [1.54, 1.807) is 30.3 Å². The first-order valence-electron chi connectivity index (χ1n) is 6.10. The van der Waals surface area contributed by atoms with Crippen LogP contribution in [-0.2, 0) is 0 Å². The lowest BCUT2D eigenvalue weighted by Crippen LogP contribution is -1.94. The molecule has 0 atom stereocenters. The highest BCUT2D eigenvalue weighted by atomic mass is 35.5. The predicted molar refractivity (Wildman–Crippen MR) is 77.4 cm³/mol. The van der Waals surface area contributed by atoms with Gasteiger partial charge in [-0.25, -0.2) is 0 Å². The van der Waals surface area contributed by atoms with Crippen LogP contribution in [0.25, 0.3) is 6.08 Å². The Morgan fingerprint density at radius 3 is 2.75 bits per heavy atom. The fourth-order valence-corrected chi connectivity index (χ4v) is 2.17. The summed E-state index contributed by atoms with van der Waals surface area (Å²) in [5.74, 6) is 1.28. The fourth-order valence-electron chi connectivity index (χ4n) is 1.94. The summed E-state index contributed by atoms with van der Waals surface area (Å²) < 4.78 is 10.5. The number of halogens is 1. The average Bonchev–Trinajstić information content (AvgIpc) is 2.92. The summed E-state index contributed by atoms with van der Waals surface area (Å²) in [6, 6.07) is 12.5. The second-order valence-electron chi connectivity index (χ2n) is 4.29. The molecule has 0 spiro atoms. The Morgan fingerprint density at radius 2 is 1.90 bits per heavy atom. The van der Waals surface area contributed by atoms with Crippen LogP contribution < -0.4 is 9.47 Å². The maximum atomic E-state index is 12.0. The maximum Gasteiger partial charge on any atom is 0.231 e. The summed E-state index contributed by atoms with van der Waals surface area (Å²) in [4.78, 5) is 12.0. The highest BCUT2D eigenvalue weighted by Crippen LogP contribution is 2.32. The van der Waals surface area contributed by atoms with Crippen LogP contribution in [0.5, 0.6) is 11.5 Å². The molecule has 0 unspecified atom stereocenters. The molecular weight excluding hydrogens is 276 g/mol. The topological polar surface area (TPSA) is 35.5 Å². The van der Waals surface area contributed by atoms with Gasteiger partial charge in [-0.15, -0.1) is 0 Å². The molecule has 0 radical (unpaired) electrons. The number of ketones is 1. The number of hydrogen-bond donors (Lipinski definition) is 0.